The molecule has 1 rings (SSSR count). The van der Waals surface area contributed by atoms with Gasteiger partial charge in [0.2, 0.25) is 0 Å². The molecule has 0 saturated heterocycles. The molecule has 0 radical (unpaired) electrons. The Kier molecular flexibility index (Phi) is 5.47. The van der Waals surface area contributed by atoms with E-state index in [1.165, 1.54) is 5.56 Å². The number of benzene rings is 1. The lowest BCUT2D eigenvalue weighted by Crippen LogP contribution is -2.14. The molecule has 0 aliphatic heterocycles. The molecule has 1 aromatic rings. The maximum atomic E-state index is 11.6. The average Bonchev–Trinajstić information content (AvgIpc) is 2.37. The first-order valence-electron chi connectivity index (χ1n) is 6.16. The van der Waals surface area contributed by atoms with Crippen molar-refractivity contribution in [3.63, 3.8) is 0 Å². The second kappa shape index (κ2) is 6.89. The van der Waals surface area contributed by atoms with Crippen LogP contribution < -0.4 is 5.32 Å². The van der Waals surface area contributed by atoms with Gasteiger partial charge in [0.25, 0.3) is 0 Å². The first-order valence-corrected chi connectivity index (χ1v) is 6.16. The zero-order valence-corrected chi connectivity index (χ0v) is 10.9. The van der Waals surface area contributed by atoms with Crippen molar-refractivity contribution in [1.29, 1.82) is 0 Å². The minimum Gasteiger partial charge on any atom is -0.378 e. The van der Waals surface area contributed by atoms with Crippen LogP contribution in [0.15, 0.2) is 35.9 Å². The minimum absolute atomic E-state index is 0.144. The summed E-state index contributed by atoms with van der Waals surface area (Å²) < 4.78 is 0. The molecule has 0 aliphatic carbocycles. The van der Waals surface area contributed by atoms with Gasteiger partial charge in [-0.25, -0.2) is 0 Å². The van der Waals surface area contributed by atoms with Crippen molar-refractivity contribution >= 4 is 11.5 Å². The van der Waals surface area contributed by atoms with Crippen molar-refractivity contribution in [2.45, 2.75) is 33.6 Å². The number of rotatable bonds is 6. The third-order valence-corrected chi connectivity index (χ3v) is 2.82. The highest BCUT2D eigenvalue weighted by atomic mass is 16.1. The highest BCUT2D eigenvalue weighted by molar-refractivity contribution is 5.97. The Balaban J connectivity index is 2.50. The summed E-state index contributed by atoms with van der Waals surface area (Å²) in [5, 5.41) is 3.14. The van der Waals surface area contributed by atoms with Gasteiger partial charge in [-0.15, -0.1) is 0 Å². The van der Waals surface area contributed by atoms with E-state index in [9.17, 15) is 4.79 Å². The lowest BCUT2D eigenvalue weighted by Gasteiger charge is -2.06. The summed E-state index contributed by atoms with van der Waals surface area (Å²) in [5.74, 6) is 0.144. The molecule has 0 unspecified atom stereocenters. The number of allylic oxidation sites excluding steroid dienone is 1. The number of ketones is 1. The van der Waals surface area contributed by atoms with Gasteiger partial charge in [0.05, 0.1) is 6.54 Å². The molecule has 17 heavy (non-hydrogen) atoms. The SMILES string of the molecule is C/C=C(\C)C(=O)CNc1ccc(CCC)cc1. The molecule has 0 amide bonds. The normalized spacial score (nSPS) is 11.4. The van der Waals surface area contributed by atoms with Crippen LogP contribution in [0.5, 0.6) is 0 Å². The molecule has 0 saturated carbocycles. The lowest BCUT2D eigenvalue weighted by molar-refractivity contribution is -0.113. The number of nitrogens with one attached hydrogen (secondary N) is 1. The number of hydrogen-bond donors (Lipinski definition) is 1. The van der Waals surface area contributed by atoms with E-state index >= 15 is 0 Å². The molecule has 2 heteroatoms. The van der Waals surface area contributed by atoms with E-state index in [1.807, 2.05) is 32.1 Å². The smallest absolute Gasteiger partial charge is 0.177 e. The molecular weight excluding hydrogens is 210 g/mol. The Labute approximate surface area is 104 Å². The predicted octanol–water partition coefficient (Wildman–Crippen LogP) is 3.59. The summed E-state index contributed by atoms with van der Waals surface area (Å²) in [6.45, 7) is 6.26. The van der Waals surface area contributed by atoms with Crippen LogP contribution in [-0.2, 0) is 11.2 Å². The van der Waals surface area contributed by atoms with E-state index in [0.717, 1.165) is 24.1 Å². The van der Waals surface area contributed by atoms with Gasteiger partial charge in [0, 0.05) is 5.69 Å². The van der Waals surface area contributed by atoms with Crippen molar-refractivity contribution in [2.75, 3.05) is 11.9 Å². The summed E-state index contributed by atoms with van der Waals surface area (Å²) in [7, 11) is 0. The lowest BCUT2D eigenvalue weighted by atomic mass is 10.1. The fourth-order valence-electron chi connectivity index (χ4n) is 1.56. The molecule has 1 aromatic carbocycles. The first kappa shape index (κ1) is 13.5. The zero-order valence-electron chi connectivity index (χ0n) is 10.9. The van der Waals surface area contributed by atoms with E-state index in [-0.39, 0.29) is 5.78 Å². The molecule has 0 bridgehead atoms. The van der Waals surface area contributed by atoms with E-state index in [1.54, 1.807) is 0 Å². The molecule has 0 aromatic heterocycles. The third-order valence-electron chi connectivity index (χ3n) is 2.82. The number of anilines is 1. The van der Waals surface area contributed by atoms with Crippen molar-refractivity contribution in [2.24, 2.45) is 0 Å². The van der Waals surface area contributed by atoms with Gasteiger partial charge in [0.1, 0.15) is 0 Å². The van der Waals surface area contributed by atoms with Crippen LogP contribution >= 0.6 is 0 Å². The van der Waals surface area contributed by atoms with Crippen LogP contribution in [0.2, 0.25) is 0 Å². The standard InChI is InChI=1S/C15H21NO/c1-4-6-13-7-9-14(10-8-13)16-11-15(17)12(3)5-2/h5,7-10,16H,4,6,11H2,1-3H3/b12-5+. The Morgan fingerprint density at radius 2 is 1.94 bits per heavy atom. The second-order valence-corrected chi connectivity index (χ2v) is 4.20. The fourth-order valence-corrected chi connectivity index (χ4v) is 1.56. The van der Waals surface area contributed by atoms with Gasteiger partial charge in [-0.2, -0.15) is 0 Å². The Morgan fingerprint density at radius 3 is 2.47 bits per heavy atom. The molecule has 92 valence electrons. The number of Topliss-reactive ketones (excluding diaryl/α,β-unsaturated/α-hetero) is 1. The zero-order chi connectivity index (χ0) is 12.7. The summed E-state index contributed by atoms with van der Waals surface area (Å²) >= 11 is 0. The van der Waals surface area contributed by atoms with Gasteiger partial charge < -0.3 is 5.32 Å². The molecular formula is C15H21NO. The maximum absolute atomic E-state index is 11.6. The van der Waals surface area contributed by atoms with Crippen LogP contribution in [-0.4, -0.2) is 12.3 Å². The topological polar surface area (TPSA) is 29.1 Å². The van der Waals surface area contributed by atoms with Crippen molar-refractivity contribution in [1.82, 2.24) is 0 Å². The first-order chi connectivity index (χ1) is 8.17. The maximum Gasteiger partial charge on any atom is 0.177 e. The average molecular weight is 231 g/mol. The molecule has 0 spiro atoms. The Bertz CT molecular complexity index is 390. The summed E-state index contributed by atoms with van der Waals surface area (Å²) in [6, 6.07) is 8.28. The van der Waals surface area contributed by atoms with Crippen LogP contribution in [0.4, 0.5) is 5.69 Å². The second-order valence-electron chi connectivity index (χ2n) is 4.20. The van der Waals surface area contributed by atoms with Gasteiger partial charge >= 0.3 is 0 Å². The summed E-state index contributed by atoms with van der Waals surface area (Å²) in [4.78, 5) is 11.6. The fraction of sp³-hybridized carbons (Fsp3) is 0.400. The van der Waals surface area contributed by atoms with Gasteiger partial charge in [-0.3, -0.25) is 4.79 Å². The van der Waals surface area contributed by atoms with Gasteiger partial charge in [-0.05, 0) is 43.5 Å². The van der Waals surface area contributed by atoms with Gasteiger partial charge in [-0.1, -0.05) is 31.6 Å². The minimum atomic E-state index is 0.144. The highest BCUT2D eigenvalue weighted by Crippen LogP contribution is 2.11. The van der Waals surface area contributed by atoms with E-state index < -0.39 is 0 Å². The largest absolute Gasteiger partial charge is 0.378 e. The number of hydrogen-bond acceptors (Lipinski definition) is 2. The molecule has 1 N–H and O–H groups in total. The molecule has 0 atom stereocenters. The molecule has 0 fully saturated rings. The Hall–Kier alpha value is -1.57. The Morgan fingerprint density at radius 1 is 1.29 bits per heavy atom. The van der Waals surface area contributed by atoms with Crippen LogP contribution in [0.3, 0.4) is 0 Å². The van der Waals surface area contributed by atoms with Crippen molar-refractivity contribution in [3.05, 3.63) is 41.5 Å². The molecule has 0 aliphatic rings. The number of carbonyl (C=O) groups excluding carboxylic acids is 1. The van der Waals surface area contributed by atoms with E-state index in [0.29, 0.717) is 6.54 Å². The number of carbonyl (C=O) groups is 1. The van der Waals surface area contributed by atoms with E-state index in [2.05, 4.69) is 24.4 Å². The van der Waals surface area contributed by atoms with Crippen LogP contribution in [0.1, 0.15) is 32.8 Å². The van der Waals surface area contributed by atoms with Gasteiger partial charge in [0.15, 0.2) is 5.78 Å². The highest BCUT2D eigenvalue weighted by Gasteiger charge is 2.02. The monoisotopic (exact) mass is 231 g/mol. The summed E-state index contributed by atoms with van der Waals surface area (Å²) in [6.07, 6.45) is 4.11. The number of aryl methyl sites for hydroxylation is 1. The third kappa shape index (κ3) is 4.43. The predicted molar refractivity (Wildman–Crippen MR) is 73.4 cm³/mol. The van der Waals surface area contributed by atoms with Crippen molar-refractivity contribution < 1.29 is 4.79 Å². The van der Waals surface area contributed by atoms with Crippen LogP contribution in [0.25, 0.3) is 0 Å². The van der Waals surface area contributed by atoms with Crippen molar-refractivity contribution in [3.8, 4) is 0 Å². The van der Waals surface area contributed by atoms with Crippen LogP contribution in [0, 0.1) is 0 Å². The quantitative estimate of drug-likeness (QED) is 0.758. The summed E-state index contributed by atoms with van der Waals surface area (Å²) in [5.41, 5.74) is 3.15. The van der Waals surface area contributed by atoms with E-state index in [4.69, 9.17) is 0 Å². The molecule has 0 heterocycles. The molecule has 2 nitrogen and oxygen atoms in total.